The molecule has 1 N–H and O–H groups in total. The lowest BCUT2D eigenvalue weighted by Gasteiger charge is -2.17. The molecule has 0 radical (unpaired) electrons. The van der Waals surface area contributed by atoms with Crippen LogP contribution in [0.1, 0.15) is 39.2 Å². The van der Waals surface area contributed by atoms with Crippen molar-refractivity contribution >= 4 is 15.9 Å². The molecule has 19 heavy (non-hydrogen) atoms. The molecular weight excluding hydrogens is 306 g/mol. The summed E-state index contributed by atoms with van der Waals surface area (Å²) in [5.41, 5.74) is 1.19. The molecule has 1 rings (SSSR count). The molecule has 0 saturated carbocycles. The van der Waals surface area contributed by atoms with Crippen molar-refractivity contribution in [3.05, 3.63) is 22.2 Å². The number of nitrogens with one attached hydrogen (secondary N) is 1. The van der Waals surface area contributed by atoms with Crippen LogP contribution in [0.2, 0.25) is 0 Å². The van der Waals surface area contributed by atoms with E-state index in [2.05, 4.69) is 41.2 Å². The normalized spacial score (nSPS) is 10.8. The Balaban J connectivity index is 2.83. The number of ether oxygens (including phenoxy) is 2. The number of methoxy groups -OCH3 is 1. The quantitative estimate of drug-likeness (QED) is 0.777. The highest BCUT2D eigenvalue weighted by atomic mass is 79.9. The molecule has 0 atom stereocenters. The first-order valence-electron chi connectivity index (χ1n) is 6.88. The van der Waals surface area contributed by atoms with Crippen molar-refractivity contribution in [2.75, 3.05) is 13.7 Å². The zero-order chi connectivity index (χ0) is 14.3. The first-order valence-corrected chi connectivity index (χ1v) is 7.68. The second-order valence-electron chi connectivity index (χ2n) is 4.44. The summed E-state index contributed by atoms with van der Waals surface area (Å²) in [6.07, 6.45) is 2.29. The zero-order valence-corrected chi connectivity index (χ0v) is 13.8. The van der Waals surface area contributed by atoms with Gasteiger partial charge in [0.1, 0.15) is 0 Å². The van der Waals surface area contributed by atoms with Gasteiger partial charge in [0.15, 0.2) is 11.5 Å². The van der Waals surface area contributed by atoms with Crippen molar-refractivity contribution in [1.82, 2.24) is 5.32 Å². The highest BCUT2D eigenvalue weighted by Gasteiger charge is 2.11. The summed E-state index contributed by atoms with van der Waals surface area (Å²) in [5, 5.41) is 3.55. The maximum atomic E-state index is 5.59. The van der Waals surface area contributed by atoms with Gasteiger partial charge in [0.25, 0.3) is 0 Å². The third-order valence-corrected chi connectivity index (χ3v) is 3.75. The lowest BCUT2D eigenvalue weighted by atomic mass is 10.1. The van der Waals surface area contributed by atoms with Crippen LogP contribution in [0, 0.1) is 0 Å². The van der Waals surface area contributed by atoms with Gasteiger partial charge in [-0.15, -0.1) is 0 Å². The minimum atomic E-state index is 0.566. The first kappa shape index (κ1) is 16.3. The predicted molar refractivity (Wildman–Crippen MR) is 83.1 cm³/mol. The van der Waals surface area contributed by atoms with E-state index < -0.39 is 0 Å². The first-order chi connectivity index (χ1) is 9.15. The second-order valence-corrected chi connectivity index (χ2v) is 5.29. The van der Waals surface area contributed by atoms with E-state index in [4.69, 9.17) is 9.47 Å². The van der Waals surface area contributed by atoms with Crippen molar-refractivity contribution < 1.29 is 9.47 Å². The van der Waals surface area contributed by atoms with Crippen molar-refractivity contribution in [3.8, 4) is 11.5 Å². The van der Waals surface area contributed by atoms with Gasteiger partial charge in [0, 0.05) is 12.6 Å². The molecule has 0 bridgehead atoms. The van der Waals surface area contributed by atoms with E-state index in [-0.39, 0.29) is 0 Å². The highest BCUT2D eigenvalue weighted by Crippen LogP contribution is 2.36. The maximum absolute atomic E-state index is 5.59. The Morgan fingerprint density at radius 1 is 1.21 bits per heavy atom. The number of benzene rings is 1. The standard InChI is InChI=1S/C15H24BrNO2/c1-5-12(6-2)17-10-11-8-13(16)15(19-7-3)14(9-11)18-4/h8-9,12,17H,5-7,10H2,1-4H3. The largest absolute Gasteiger partial charge is 0.493 e. The number of hydrogen-bond donors (Lipinski definition) is 1. The van der Waals surface area contributed by atoms with E-state index in [1.807, 2.05) is 13.0 Å². The van der Waals surface area contributed by atoms with Crippen LogP contribution in [0.3, 0.4) is 0 Å². The molecule has 0 aromatic heterocycles. The Morgan fingerprint density at radius 2 is 1.89 bits per heavy atom. The second kappa shape index (κ2) is 8.43. The SMILES string of the molecule is CCOc1c(Br)cc(CNC(CC)CC)cc1OC. The van der Waals surface area contributed by atoms with Crippen molar-refractivity contribution in [3.63, 3.8) is 0 Å². The summed E-state index contributed by atoms with van der Waals surface area (Å²) in [6, 6.07) is 4.69. The summed E-state index contributed by atoms with van der Waals surface area (Å²) in [6.45, 7) is 7.84. The van der Waals surface area contributed by atoms with Crippen LogP contribution >= 0.6 is 15.9 Å². The molecule has 0 spiro atoms. The van der Waals surface area contributed by atoms with E-state index >= 15 is 0 Å². The fraction of sp³-hybridized carbons (Fsp3) is 0.600. The third kappa shape index (κ3) is 4.69. The molecule has 0 aliphatic rings. The molecule has 0 heterocycles. The molecule has 4 heteroatoms. The zero-order valence-electron chi connectivity index (χ0n) is 12.3. The monoisotopic (exact) mass is 329 g/mol. The molecule has 0 aliphatic heterocycles. The van der Waals surface area contributed by atoms with Gasteiger partial charge in [0.05, 0.1) is 18.2 Å². The average Bonchev–Trinajstić information content (AvgIpc) is 2.42. The number of rotatable bonds is 8. The minimum Gasteiger partial charge on any atom is -0.493 e. The Kier molecular flexibility index (Phi) is 7.24. The van der Waals surface area contributed by atoms with Crippen LogP contribution in [-0.4, -0.2) is 19.8 Å². The summed E-state index contributed by atoms with van der Waals surface area (Å²) in [4.78, 5) is 0. The van der Waals surface area contributed by atoms with Gasteiger partial charge in [-0.1, -0.05) is 13.8 Å². The summed E-state index contributed by atoms with van der Waals surface area (Å²) < 4.78 is 11.9. The van der Waals surface area contributed by atoms with E-state index in [1.165, 1.54) is 5.56 Å². The highest BCUT2D eigenvalue weighted by molar-refractivity contribution is 9.10. The van der Waals surface area contributed by atoms with E-state index in [9.17, 15) is 0 Å². The van der Waals surface area contributed by atoms with Gasteiger partial charge in [-0.05, 0) is 53.4 Å². The minimum absolute atomic E-state index is 0.566. The Bertz CT molecular complexity index is 392. The summed E-state index contributed by atoms with van der Waals surface area (Å²) in [7, 11) is 1.67. The molecule has 0 saturated heterocycles. The molecule has 0 aliphatic carbocycles. The van der Waals surface area contributed by atoms with Crippen LogP contribution in [0.4, 0.5) is 0 Å². The van der Waals surface area contributed by atoms with Crippen LogP contribution in [-0.2, 0) is 6.54 Å². The molecule has 3 nitrogen and oxygen atoms in total. The van der Waals surface area contributed by atoms with Gasteiger partial charge in [0.2, 0.25) is 0 Å². The Hall–Kier alpha value is -0.740. The van der Waals surface area contributed by atoms with Gasteiger partial charge in [-0.2, -0.15) is 0 Å². The van der Waals surface area contributed by atoms with Gasteiger partial charge >= 0.3 is 0 Å². The predicted octanol–water partition coefficient (Wildman–Crippen LogP) is 4.13. The topological polar surface area (TPSA) is 30.5 Å². The van der Waals surface area contributed by atoms with Gasteiger partial charge in [-0.25, -0.2) is 0 Å². The molecule has 1 aromatic carbocycles. The van der Waals surface area contributed by atoms with E-state index in [0.717, 1.165) is 35.4 Å². The van der Waals surface area contributed by atoms with Crippen LogP contribution in [0.5, 0.6) is 11.5 Å². The Labute approximate surface area is 124 Å². The fourth-order valence-electron chi connectivity index (χ4n) is 2.00. The smallest absolute Gasteiger partial charge is 0.175 e. The molecular formula is C15H24BrNO2. The third-order valence-electron chi connectivity index (χ3n) is 3.16. The van der Waals surface area contributed by atoms with Crippen LogP contribution < -0.4 is 14.8 Å². The summed E-state index contributed by atoms with van der Waals surface area (Å²) in [5.74, 6) is 1.55. The van der Waals surface area contributed by atoms with Crippen molar-refractivity contribution in [2.45, 2.75) is 46.2 Å². The van der Waals surface area contributed by atoms with Crippen molar-refractivity contribution in [2.24, 2.45) is 0 Å². The number of halogens is 1. The lowest BCUT2D eigenvalue weighted by molar-refractivity contribution is 0.308. The van der Waals surface area contributed by atoms with E-state index in [0.29, 0.717) is 12.6 Å². The maximum Gasteiger partial charge on any atom is 0.175 e. The molecule has 0 fully saturated rings. The summed E-state index contributed by atoms with van der Waals surface area (Å²) >= 11 is 3.55. The number of hydrogen-bond acceptors (Lipinski definition) is 3. The molecule has 0 unspecified atom stereocenters. The van der Waals surface area contributed by atoms with Crippen LogP contribution in [0.25, 0.3) is 0 Å². The average molecular weight is 330 g/mol. The molecule has 1 aromatic rings. The molecule has 0 amide bonds. The fourth-order valence-corrected chi connectivity index (χ4v) is 2.60. The lowest BCUT2D eigenvalue weighted by Crippen LogP contribution is -2.27. The van der Waals surface area contributed by atoms with Gasteiger partial charge in [-0.3, -0.25) is 0 Å². The van der Waals surface area contributed by atoms with Crippen LogP contribution in [0.15, 0.2) is 16.6 Å². The van der Waals surface area contributed by atoms with Gasteiger partial charge < -0.3 is 14.8 Å². The van der Waals surface area contributed by atoms with Crippen molar-refractivity contribution in [1.29, 1.82) is 0 Å². The van der Waals surface area contributed by atoms with E-state index in [1.54, 1.807) is 7.11 Å². The molecule has 108 valence electrons. The Morgan fingerprint density at radius 3 is 2.42 bits per heavy atom.